The van der Waals surface area contributed by atoms with Gasteiger partial charge in [-0.3, -0.25) is 14.7 Å². The number of carboxylic acids is 1. The van der Waals surface area contributed by atoms with Crippen LogP contribution < -0.4 is 5.32 Å². The smallest absolute Gasteiger partial charge is 0.346 e. The van der Waals surface area contributed by atoms with Crippen molar-refractivity contribution in [1.29, 1.82) is 0 Å². The van der Waals surface area contributed by atoms with Gasteiger partial charge in [0, 0.05) is 0 Å². The maximum absolute atomic E-state index is 10.7. The maximum Gasteiger partial charge on any atom is 0.346 e. The standard InChI is InChI=1S/C6H12NO6P/c1-2-5(14(11,12)13)7-4(3-8)6(9)10/h2,4-5,7-8H,1,3H2,(H,9,10)(H2,11,12,13). The number of hydrogen-bond donors (Lipinski definition) is 5. The minimum atomic E-state index is -4.49. The van der Waals surface area contributed by atoms with Crippen molar-refractivity contribution in [3.8, 4) is 0 Å². The number of carboxylic acid groups (broad SMARTS) is 1. The average Bonchev–Trinajstić information content (AvgIpc) is 2.03. The van der Waals surface area contributed by atoms with E-state index >= 15 is 0 Å². The summed E-state index contributed by atoms with van der Waals surface area (Å²) in [5.74, 6) is -2.87. The summed E-state index contributed by atoms with van der Waals surface area (Å²) in [5.41, 5.74) is 0. The lowest BCUT2D eigenvalue weighted by Crippen LogP contribution is -2.44. The Morgan fingerprint density at radius 3 is 2.29 bits per heavy atom. The molecule has 2 unspecified atom stereocenters. The molecule has 0 bridgehead atoms. The summed E-state index contributed by atoms with van der Waals surface area (Å²) in [6.07, 6.45) is 0.895. The molecule has 0 rings (SSSR count). The van der Waals surface area contributed by atoms with Gasteiger partial charge in [0.2, 0.25) is 0 Å². The molecule has 0 radical (unpaired) electrons. The van der Waals surface area contributed by atoms with Crippen LogP contribution in [0.25, 0.3) is 0 Å². The molecule has 7 nitrogen and oxygen atoms in total. The molecule has 0 aliphatic rings. The lowest BCUT2D eigenvalue weighted by atomic mass is 10.3. The average molecular weight is 225 g/mol. The fourth-order valence-electron chi connectivity index (χ4n) is 0.711. The second-order valence-electron chi connectivity index (χ2n) is 2.51. The molecular weight excluding hydrogens is 213 g/mol. The second-order valence-corrected chi connectivity index (χ2v) is 4.24. The molecule has 0 aliphatic carbocycles. The fraction of sp³-hybridized carbons (Fsp3) is 0.500. The van der Waals surface area contributed by atoms with Gasteiger partial charge in [0.05, 0.1) is 6.61 Å². The highest BCUT2D eigenvalue weighted by atomic mass is 31.2. The summed E-state index contributed by atoms with van der Waals surface area (Å²) in [6.45, 7) is 2.38. The Hall–Kier alpha value is -0.720. The zero-order valence-electron chi connectivity index (χ0n) is 7.20. The van der Waals surface area contributed by atoms with Crippen LogP contribution in [-0.4, -0.2) is 44.4 Å². The van der Waals surface area contributed by atoms with E-state index in [-0.39, 0.29) is 0 Å². The minimum Gasteiger partial charge on any atom is -0.480 e. The molecular formula is C6H12NO6P. The van der Waals surface area contributed by atoms with E-state index in [4.69, 9.17) is 20.0 Å². The summed E-state index contributed by atoms with van der Waals surface area (Å²) in [7, 11) is -4.49. The molecule has 14 heavy (non-hydrogen) atoms. The topological polar surface area (TPSA) is 127 Å². The molecule has 0 aromatic heterocycles. The second kappa shape index (κ2) is 5.23. The molecule has 0 fully saturated rings. The number of nitrogens with one attached hydrogen (secondary N) is 1. The number of aliphatic hydroxyl groups excluding tert-OH is 1. The Bertz CT molecular complexity index is 261. The van der Waals surface area contributed by atoms with E-state index < -0.39 is 32.0 Å². The zero-order chi connectivity index (χ0) is 11.4. The van der Waals surface area contributed by atoms with Crippen LogP contribution in [0, 0.1) is 0 Å². The molecule has 0 saturated carbocycles. The van der Waals surface area contributed by atoms with Crippen molar-refractivity contribution in [2.45, 2.75) is 11.8 Å². The first kappa shape index (κ1) is 13.3. The third-order valence-electron chi connectivity index (χ3n) is 1.44. The fourth-order valence-corrected chi connectivity index (χ4v) is 1.36. The minimum absolute atomic E-state index is 0.764. The van der Waals surface area contributed by atoms with Gasteiger partial charge in [-0.1, -0.05) is 6.08 Å². The van der Waals surface area contributed by atoms with Gasteiger partial charge in [0.25, 0.3) is 0 Å². The van der Waals surface area contributed by atoms with E-state index in [1.807, 2.05) is 0 Å². The van der Waals surface area contributed by atoms with Gasteiger partial charge in [-0.2, -0.15) is 0 Å². The molecule has 82 valence electrons. The SMILES string of the molecule is C=CC(NC(CO)C(=O)O)P(=O)(O)O. The summed E-state index contributed by atoms with van der Waals surface area (Å²) < 4.78 is 10.7. The Morgan fingerprint density at radius 2 is 2.07 bits per heavy atom. The maximum atomic E-state index is 10.7. The monoisotopic (exact) mass is 225 g/mol. The molecule has 0 heterocycles. The van der Waals surface area contributed by atoms with Crippen molar-refractivity contribution in [3.05, 3.63) is 12.7 Å². The predicted molar refractivity (Wildman–Crippen MR) is 47.7 cm³/mol. The quantitative estimate of drug-likeness (QED) is 0.281. The number of hydrogen-bond acceptors (Lipinski definition) is 4. The van der Waals surface area contributed by atoms with Crippen LogP contribution in [0.1, 0.15) is 0 Å². The summed E-state index contributed by atoms with van der Waals surface area (Å²) >= 11 is 0. The Kier molecular flexibility index (Phi) is 4.96. The van der Waals surface area contributed by atoms with E-state index in [9.17, 15) is 9.36 Å². The molecule has 0 aromatic carbocycles. The first-order chi connectivity index (χ1) is 6.32. The Morgan fingerprint density at radius 1 is 1.57 bits per heavy atom. The number of rotatable bonds is 6. The van der Waals surface area contributed by atoms with E-state index in [1.54, 1.807) is 0 Å². The van der Waals surface area contributed by atoms with Crippen LogP contribution in [0.3, 0.4) is 0 Å². The van der Waals surface area contributed by atoms with Crippen molar-refractivity contribution in [2.24, 2.45) is 0 Å². The van der Waals surface area contributed by atoms with Gasteiger partial charge in [0.15, 0.2) is 0 Å². The lowest BCUT2D eigenvalue weighted by Gasteiger charge is -2.19. The van der Waals surface area contributed by atoms with Crippen molar-refractivity contribution in [1.82, 2.24) is 5.32 Å². The molecule has 2 atom stereocenters. The van der Waals surface area contributed by atoms with Crippen LogP contribution in [-0.2, 0) is 9.36 Å². The molecule has 0 saturated heterocycles. The summed E-state index contributed by atoms with van der Waals surface area (Å²) in [4.78, 5) is 27.8. The predicted octanol–water partition coefficient (Wildman–Crippen LogP) is -1.29. The zero-order valence-corrected chi connectivity index (χ0v) is 8.09. The molecule has 0 amide bonds. The summed E-state index contributed by atoms with van der Waals surface area (Å²) in [6, 6.07) is -1.43. The van der Waals surface area contributed by atoms with Gasteiger partial charge in [-0.15, -0.1) is 6.58 Å². The largest absolute Gasteiger partial charge is 0.480 e. The number of carbonyl (C=O) groups is 1. The third kappa shape index (κ3) is 3.99. The third-order valence-corrected chi connectivity index (χ3v) is 2.52. The van der Waals surface area contributed by atoms with Crippen LogP contribution in [0.4, 0.5) is 0 Å². The highest BCUT2D eigenvalue weighted by Gasteiger charge is 2.30. The van der Waals surface area contributed by atoms with Crippen molar-refractivity contribution in [3.63, 3.8) is 0 Å². The van der Waals surface area contributed by atoms with E-state index in [1.165, 1.54) is 0 Å². The Balaban J connectivity index is 4.53. The lowest BCUT2D eigenvalue weighted by molar-refractivity contribution is -0.140. The van der Waals surface area contributed by atoms with Gasteiger partial charge in [-0.05, 0) is 0 Å². The molecule has 0 spiro atoms. The molecule has 0 aromatic rings. The van der Waals surface area contributed by atoms with Crippen LogP contribution in [0.2, 0.25) is 0 Å². The van der Waals surface area contributed by atoms with Gasteiger partial charge < -0.3 is 20.0 Å². The van der Waals surface area contributed by atoms with Gasteiger partial charge >= 0.3 is 13.6 Å². The Labute approximate surface area is 80.2 Å². The van der Waals surface area contributed by atoms with Crippen LogP contribution in [0.5, 0.6) is 0 Å². The molecule has 5 N–H and O–H groups in total. The normalized spacial score (nSPS) is 15.9. The first-order valence-electron chi connectivity index (χ1n) is 3.60. The van der Waals surface area contributed by atoms with Crippen molar-refractivity contribution >= 4 is 13.6 Å². The van der Waals surface area contributed by atoms with E-state index in [0.717, 1.165) is 6.08 Å². The van der Waals surface area contributed by atoms with Crippen molar-refractivity contribution < 1.29 is 29.4 Å². The molecule has 0 aliphatic heterocycles. The summed E-state index contributed by atoms with van der Waals surface area (Å²) in [5, 5.41) is 19.1. The van der Waals surface area contributed by atoms with Crippen molar-refractivity contribution in [2.75, 3.05) is 6.61 Å². The van der Waals surface area contributed by atoms with Crippen LogP contribution >= 0.6 is 7.60 Å². The number of aliphatic hydroxyl groups is 1. The highest BCUT2D eigenvalue weighted by molar-refractivity contribution is 7.52. The van der Waals surface area contributed by atoms with E-state index in [2.05, 4.69) is 11.9 Å². The first-order valence-corrected chi connectivity index (χ1v) is 5.28. The number of aliphatic carboxylic acids is 1. The van der Waals surface area contributed by atoms with Crippen LogP contribution in [0.15, 0.2) is 12.7 Å². The van der Waals surface area contributed by atoms with Gasteiger partial charge in [-0.25, -0.2) is 0 Å². The van der Waals surface area contributed by atoms with Gasteiger partial charge in [0.1, 0.15) is 11.8 Å². The highest BCUT2D eigenvalue weighted by Crippen LogP contribution is 2.40. The van der Waals surface area contributed by atoms with E-state index in [0.29, 0.717) is 0 Å². The molecule has 8 heteroatoms.